The fourth-order valence-electron chi connectivity index (χ4n) is 2.15. The molecule has 1 N–H and O–H groups in total. The van der Waals surface area contributed by atoms with Crippen LogP contribution in [0.1, 0.15) is 16.3 Å². The monoisotopic (exact) mass is 277 g/mol. The Morgan fingerprint density at radius 2 is 2.45 bits per heavy atom. The summed E-state index contributed by atoms with van der Waals surface area (Å²) in [5.41, 5.74) is 0.858. The molecule has 1 atom stereocenters. The molecular weight excluding hydrogens is 262 g/mol. The van der Waals surface area contributed by atoms with Crippen LogP contribution < -0.4 is 0 Å². The Morgan fingerprint density at radius 3 is 3.20 bits per heavy atom. The van der Waals surface area contributed by atoms with Gasteiger partial charge in [-0.15, -0.1) is 5.10 Å². The number of hydrogen-bond acceptors (Lipinski definition) is 6. The second-order valence-corrected chi connectivity index (χ2v) is 4.66. The number of carbonyl (C=O) groups is 1. The van der Waals surface area contributed by atoms with Gasteiger partial charge in [-0.25, -0.2) is 9.50 Å². The van der Waals surface area contributed by atoms with Crippen molar-refractivity contribution in [3.63, 3.8) is 0 Å². The van der Waals surface area contributed by atoms with Crippen molar-refractivity contribution >= 4 is 11.7 Å². The lowest BCUT2D eigenvalue weighted by Crippen LogP contribution is -2.47. The molecule has 1 aliphatic heterocycles. The molecule has 1 amide bonds. The number of aromatic nitrogens is 4. The number of fused-ring (bicyclic) bond motifs is 1. The molecule has 0 spiro atoms. The molecule has 2 aromatic heterocycles. The number of carbonyl (C=O) groups excluding carboxylic acids is 1. The molecule has 0 radical (unpaired) electrons. The van der Waals surface area contributed by atoms with Gasteiger partial charge in [0.2, 0.25) is 5.82 Å². The minimum Gasteiger partial charge on any atom is -0.394 e. The summed E-state index contributed by atoms with van der Waals surface area (Å²) in [7, 11) is 0. The summed E-state index contributed by atoms with van der Waals surface area (Å²) in [4.78, 5) is 22.2. The van der Waals surface area contributed by atoms with Crippen LogP contribution in [0.25, 0.3) is 5.78 Å². The molecule has 8 heteroatoms. The second kappa shape index (κ2) is 5.14. The molecule has 0 saturated carbocycles. The van der Waals surface area contributed by atoms with Crippen molar-refractivity contribution < 1.29 is 14.6 Å². The molecule has 1 unspecified atom stereocenters. The summed E-state index contributed by atoms with van der Waals surface area (Å²) in [6.07, 6.45) is 1.29. The standard InChI is InChI=1S/C12H15N5O3/c1-8-2-3-13-12-14-10(15-17(8)12)11(19)16-4-5-20-9(6-16)7-18/h2-3,9,18H,4-7H2,1H3. The molecule has 20 heavy (non-hydrogen) atoms. The molecule has 0 bridgehead atoms. The molecule has 3 rings (SSSR count). The quantitative estimate of drug-likeness (QED) is 0.777. The van der Waals surface area contributed by atoms with E-state index in [0.29, 0.717) is 25.5 Å². The normalized spacial score (nSPS) is 19.5. The van der Waals surface area contributed by atoms with Crippen LogP contribution >= 0.6 is 0 Å². The van der Waals surface area contributed by atoms with E-state index in [4.69, 9.17) is 9.84 Å². The number of nitrogens with zero attached hydrogens (tertiary/aromatic N) is 5. The fraction of sp³-hybridized carbons (Fsp3) is 0.500. The lowest BCUT2D eigenvalue weighted by atomic mass is 10.3. The molecular formula is C12H15N5O3. The molecule has 3 heterocycles. The van der Waals surface area contributed by atoms with E-state index in [2.05, 4.69) is 15.1 Å². The van der Waals surface area contributed by atoms with Crippen molar-refractivity contribution in [1.29, 1.82) is 0 Å². The maximum Gasteiger partial charge on any atom is 0.293 e. The Kier molecular flexibility index (Phi) is 3.33. The zero-order chi connectivity index (χ0) is 14.1. The average molecular weight is 277 g/mol. The molecule has 1 saturated heterocycles. The van der Waals surface area contributed by atoms with Gasteiger partial charge in [0.1, 0.15) is 0 Å². The van der Waals surface area contributed by atoms with Crippen molar-refractivity contribution in [3.05, 3.63) is 23.8 Å². The number of aryl methyl sites for hydroxylation is 1. The van der Waals surface area contributed by atoms with Gasteiger partial charge >= 0.3 is 0 Å². The van der Waals surface area contributed by atoms with Gasteiger partial charge in [-0.05, 0) is 13.0 Å². The highest BCUT2D eigenvalue weighted by Crippen LogP contribution is 2.09. The summed E-state index contributed by atoms with van der Waals surface area (Å²) in [6, 6.07) is 1.80. The van der Waals surface area contributed by atoms with Gasteiger partial charge in [0.05, 0.1) is 19.3 Å². The topological polar surface area (TPSA) is 92.9 Å². The smallest absolute Gasteiger partial charge is 0.293 e. The predicted octanol–water partition coefficient (Wildman–Crippen LogP) is -0.734. The van der Waals surface area contributed by atoms with Gasteiger partial charge in [-0.2, -0.15) is 4.98 Å². The molecule has 0 aliphatic carbocycles. The van der Waals surface area contributed by atoms with E-state index in [1.54, 1.807) is 17.2 Å². The third kappa shape index (κ3) is 2.23. The van der Waals surface area contributed by atoms with E-state index in [-0.39, 0.29) is 24.4 Å². The van der Waals surface area contributed by atoms with Crippen LogP contribution in [-0.2, 0) is 4.74 Å². The van der Waals surface area contributed by atoms with Crippen LogP contribution in [0.4, 0.5) is 0 Å². The minimum absolute atomic E-state index is 0.108. The Morgan fingerprint density at radius 1 is 1.60 bits per heavy atom. The summed E-state index contributed by atoms with van der Waals surface area (Å²) < 4.78 is 6.86. The van der Waals surface area contributed by atoms with Crippen molar-refractivity contribution in [2.45, 2.75) is 13.0 Å². The van der Waals surface area contributed by atoms with Crippen molar-refractivity contribution in [1.82, 2.24) is 24.5 Å². The van der Waals surface area contributed by atoms with E-state index in [1.807, 2.05) is 6.92 Å². The molecule has 1 fully saturated rings. The number of ether oxygens (including phenoxy) is 1. The minimum atomic E-state index is -0.343. The zero-order valence-electron chi connectivity index (χ0n) is 11.1. The van der Waals surface area contributed by atoms with E-state index in [1.165, 1.54) is 4.52 Å². The number of aliphatic hydroxyl groups excluding tert-OH is 1. The Bertz CT molecular complexity index is 641. The Hall–Kier alpha value is -2.06. The van der Waals surface area contributed by atoms with Crippen LogP contribution in [-0.4, -0.2) is 67.9 Å². The SMILES string of the molecule is Cc1ccnc2nc(C(=O)N3CCOC(CO)C3)nn12. The average Bonchev–Trinajstić information content (AvgIpc) is 2.92. The zero-order valence-corrected chi connectivity index (χ0v) is 11.1. The predicted molar refractivity (Wildman–Crippen MR) is 68.2 cm³/mol. The highest BCUT2D eigenvalue weighted by Gasteiger charge is 2.27. The van der Waals surface area contributed by atoms with Crippen LogP contribution in [0.15, 0.2) is 12.3 Å². The lowest BCUT2D eigenvalue weighted by molar-refractivity contribution is -0.0450. The highest BCUT2D eigenvalue weighted by molar-refractivity contribution is 5.91. The van der Waals surface area contributed by atoms with Crippen LogP contribution in [0.3, 0.4) is 0 Å². The highest BCUT2D eigenvalue weighted by atomic mass is 16.5. The maximum absolute atomic E-state index is 12.4. The molecule has 106 valence electrons. The number of aliphatic hydroxyl groups is 1. The third-order valence-electron chi connectivity index (χ3n) is 3.25. The van der Waals surface area contributed by atoms with Crippen LogP contribution in [0.2, 0.25) is 0 Å². The first-order valence-corrected chi connectivity index (χ1v) is 6.39. The van der Waals surface area contributed by atoms with Crippen molar-refractivity contribution in [2.24, 2.45) is 0 Å². The lowest BCUT2D eigenvalue weighted by Gasteiger charge is -2.31. The molecule has 0 aromatic carbocycles. The van der Waals surface area contributed by atoms with Gasteiger partial charge in [0.15, 0.2) is 0 Å². The van der Waals surface area contributed by atoms with Crippen molar-refractivity contribution in [3.8, 4) is 0 Å². The molecule has 8 nitrogen and oxygen atoms in total. The second-order valence-electron chi connectivity index (χ2n) is 4.66. The number of hydrogen-bond donors (Lipinski definition) is 1. The number of amides is 1. The largest absolute Gasteiger partial charge is 0.394 e. The summed E-state index contributed by atoms with van der Waals surface area (Å²) in [6.45, 7) is 2.98. The van der Waals surface area contributed by atoms with E-state index in [9.17, 15) is 4.79 Å². The van der Waals surface area contributed by atoms with Gasteiger partial charge in [-0.3, -0.25) is 4.79 Å². The van der Waals surface area contributed by atoms with Gasteiger partial charge in [0, 0.05) is 25.0 Å². The maximum atomic E-state index is 12.4. The summed E-state index contributed by atoms with van der Waals surface area (Å²) >= 11 is 0. The molecule has 2 aromatic rings. The Balaban J connectivity index is 1.86. The number of morpholine rings is 1. The van der Waals surface area contributed by atoms with Crippen molar-refractivity contribution in [2.75, 3.05) is 26.3 Å². The Labute approximate surface area is 115 Å². The number of rotatable bonds is 2. The first kappa shape index (κ1) is 12.9. The van der Waals surface area contributed by atoms with Crippen LogP contribution in [0.5, 0.6) is 0 Å². The summed E-state index contributed by atoms with van der Waals surface area (Å²) in [5.74, 6) is 0.252. The van der Waals surface area contributed by atoms with E-state index >= 15 is 0 Å². The van der Waals surface area contributed by atoms with Crippen LogP contribution in [0, 0.1) is 6.92 Å². The summed E-state index contributed by atoms with van der Waals surface area (Å²) in [5, 5.41) is 13.3. The first-order valence-electron chi connectivity index (χ1n) is 6.39. The van der Waals surface area contributed by atoms with Gasteiger partial charge in [-0.1, -0.05) is 0 Å². The van der Waals surface area contributed by atoms with Gasteiger partial charge < -0.3 is 14.7 Å². The van der Waals surface area contributed by atoms with E-state index in [0.717, 1.165) is 5.69 Å². The van der Waals surface area contributed by atoms with E-state index < -0.39 is 0 Å². The first-order chi connectivity index (χ1) is 9.69. The third-order valence-corrected chi connectivity index (χ3v) is 3.25. The van der Waals surface area contributed by atoms with Gasteiger partial charge in [0.25, 0.3) is 11.7 Å². The fourth-order valence-corrected chi connectivity index (χ4v) is 2.15. The molecule has 1 aliphatic rings.